The molecule has 0 aromatic heterocycles. The number of nitrogens with zero attached hydrogens (tertiary/aromatic N) is 1. The molecule has 0 saturated carbocycles. The van der Waals surface area contributed by atoms with Crippen LogP contribution in [0.4, 0.5) is 0 Å². The van der Waals surface area contributed by atoms with Crippen LogP contribution in [0.15, 0.2) is 18.2 Å². The molecule has 0 spiro atoms. The first-order valence-electron chi connectivity index (χ1n) is 6.49. The lowest BCUT2D eigenvalue weighted by atomic mass is 9.96. The number of carbonyl (C=O) groups excluding carboxylic acids is 1. The third-order valence-electron chi connectivity index (χ3n) is 3.63. The Morgan fingerprint density at radius 2 is 2.10 bits per heavy atom. The molecule has 0 atom stereocenters. The summed E-state index contributed by atoms with van der Waals surface area (Å²) in [7, 11) is 1.46. The molecule has 1 amide bonds. The largest absolute Gasteiger partial charge is 0.504 e. The van der Waals surface area contributed by atoms with Gasteiger partial charge in [-0.15, -0.1) is 0 Å². The maximum atomic E-state index is 12.4. The fraction of sp³-hybridized carbons (Fsp3) is 0.429. The minimum absolute atomic E-state index is 0.114. The van der Waals surface area contributed by atoms with Crippen molar-refractivity contribution < 1.29 is 14.6 Å². The van der Waals surface area contributed by atoms with Gasteiger partial charge in [0.2, 0.25) is 0 Å². The summed E-state index contributed by atoms with van der Waals surface area (Å²) in [5.41, 5.74) is 5.90. The van der Waals surface area contributed by atoms with Crippen molar-refractivity contribution in [2.24, 2.45) is 11.7 Å². The van der Waals surface area contributed by atoms with Gasteiger partial charge in [-0.05, 0) is 25.0 Å². The summed E-state index contributed by atoms with van der Waals surface area (Å²) in [6, 6.07) is 4.90. The quantitative estimate of drug-likeness (QED) is 0.827. The SMILES string of the molecule is COc1cccc(C(=O)N2CCC(C(N)=S)CC2)c1O. The molecule has 1 fully saturated rings. The number of ether oxygens (including phenoxy) is 1. The van der Waals surface area contributed by atoms with E-state index in [2.05, 4.69) is 0 Å². The van der Waals surface area contributed by atoms with E-state index in [0.29, 0.717) is 23.8 Å². The molecule has 20 heavy (non-hydrogen) atoms. The van der Waals surface area contributed by atoms with Gasteiger partial charge in [0.05, 0.1) is 17.7 Å². The molecular formula is C14H18N2O3S. The van der Waals surface area contributed by atoms with Gasteiger partial charge in [-0.2, -0.15) is 0 Å². The van der Waals surface area contributed by atoms with Crippen LogP contribution in [0.25, 0.3) is 0 Å². The number of aromatic hydroxyl groups is 1. The summed E-state index contributed by atoms with van der Waals surface area (Å²) < 4.78 is 5.02. The van der Waals surface area contributed by atoms with Gasteiger partial charge in [-0.3, -0.25) is 4.79 Å². The number of likely N-dealkylation sites (tertiary alicyclic amines) is 1. The second kappa shape index (κ2) is 6.09. The average Bonchev–Trinajstić information content (AvgIpc) is 2.47. The van der Waals surface area contributed by atoms with Crippen LogP contribution in [0.5, 0.6) is 11.5 Å². The van der Waals surface area contributed by atoms with Crippen LogP contribution in [0.3, 0.4) is 0 Å². The monoisotopic (exact) mass is 294 g/mol. The smallest absolute Gasteiger partial charge is 0.257 e. The van der Waals surface area contributed by atoms with Crippen molar-refractivity contribution in [1.29, 1.82) is 0 Å². The minimum atomic E-state index is -0.192. The summed E-state index contributed by atoms with van der Waals surface area (Å²) in [5.74, 6) is 0.195. The van der Waals surface area contributed by atoms with Crippen LogP contribution >= 0.6 is 12.2 Å². The van der Waals surface area contributed by atoms with Gasteiger partial charge < -0.3 is 20.5 Å². The maximum Gasteiger partial charge on any atom is 0.257 e. The van der Waals surface area contributed by atoms with Gasteiger partial charge in [-0.1, -0.05) is 18.3 Å². The lowest BCUT2D eigenvalue weighted by molar-refractivity contribution is 0.0706. The number of hydrogen-bond donors (Lipinski definition) is 2. The molecule has 1 aliphatic rings. The molecule has 3 N–H and O–H groups in total. The van der Waals surface area contributed by atoms with E-state index < -0.39 is 0 Å². The van der Waals surface area contributed by atoms with Gasteiger partial charge in [0.25, 0.3) is 5.91 Å². The van der Waals surface area contributed by atoms with E-state index in [9.17, 15) is 9.90 Å². The molecule has 0 aliphatic carbocycles. The predicted molar refractivity (Wildman–Crippen MR) is 80.1 cm³/mol. The number of carbonyl (C=O) groups is 1. The summed E-state index contributed by atoms with van der Waals surface area (Å²) in [4.78, 5) is 14.6. The number of phenolic OH excluding ortho intramolecular Hbond substituents is 1. The number of rotatable bonds is 3. The molecule has 0 unspecified atom stereocenters. The van der Waals surface area contributed by atoms with E-state index in [-0.39, 0.29) is 23.1 Å². The minimum Gasteiger partial charge on any atom is -0.504 e. The number of benzene rings is 1. The highest BCUT2D eigenvalue weighted by molar-refractivity contribution is 7.80. The second-order valence-electron chi connectivity index (χ2n) is 4.83. The fourth-order valence-corrected chi connectivity index (χ4v) is 2.63. The summed E-state index contributed by atoms with van der Waals surface area (Å²) in [6.07, 6.45) is 1.54. The molecular weight excluding hydrogens is 276 g/mol. The molecule has 2 rings (SSSR count). The Balaban J connectivity index is 2.11. The van der Waals surface area contributed by atoms with Crippen molar-refractivity contribution in [3.8, 4) is 11.5 Å². The van der Waals surface area contributed by atoms with Gasteiger partial charge in [0, 0.05) is 19.0 Å². The Hall–Kier alpha value is -1.82. The van der Waals surface area contributed by atoms with Crippen LogP contribution in [0, 0.1) is 5.92 Å². The normalized spacial score (nSPS) is 15.9. The van der Waals surface area contributed by atoms with Gasteiger partial charge in [0.15, 0.2) is 11.5 Å². The molecule has 1 aromatic carbocycles. The van der Waals surface area contributed by atoms with Crippen LogP contribution in [0.1, 0.15) is 23.2 Å². The first-order valence-corrected chi connectivity index (χ1v) is 6.90. The molecule has 1 heterocycles. The highest BCUT2D eigenvalue weighted by atomic mass is 32.1. The first kappa shape index (κ1) is 14.6. The van der Waals surface area contributed by atoms with Crippen LogP contribution in [-0.2, 0) is 0 Å². The van der Waals surface area contributed by atoms with Gasteiger partial charge >= 0.3 is 0 Å². The predicted octanol–water partition coefficient (Wildman–Crippen LogP) is 1.54. The van der Waals surface area contributed by atoms with Gasteiger partial charge in [-0.25, -0.2) is 0 Å². The Morgan fingerprint density at radius 3 is 2.65 bits per heavy atom. The van der Waals surface area contributed by atoms with E-state index in [1.807, 2.05) is 0 Å². The van der Waals surface area contributed by atoms with E-state index in [0.717, 1.165) is 12.8 Å². The van der Waals surface area contributed by atoms with Crippen molar-refractivity contribution in [3.63, 3.8) is 0 Å². The number of nitrogens with two attached hydrogens (primary N) is 1. The van der Waals surface area contributed by atoms with Crippen LogP contribution in [-0.4, -0.2) is 41.1 Å². The fourth-order valence-electron chi connectivity index (χ4n) is 2.40. The Kier molecular flexibility index (Phi) is 4.44. The van der Waals surface area contributed by atoms with Crippen LogP contribution < -0.4 is 10.5 Å². The lowest BCUT2D eigenvalue weighted by Crippen LogP contribution is -2.41. The molecule has 1 saturated heterocycles. The van der Waals surface area contributed by atoms with E-state index in [4.69, 9.17) is 22.7 Å². The third kappa shape index (κ3) is 2.85. The molecule has 1 aromatic rings. The molecule has 1 aliphatic heterocycles. The zero-order valence-electron chi connectivity index (χ0n) is 11.3. The van der Waals surface area contributed by atoms with Crippen molar-refractivity contribution >= 4 is 23.1 Å². The zero-order valence-corrected chi connectivity index (χ0v) is 12.2. The third-order valence-corrected chi connectivity index (χ3v) is 3.97. The molecule has 0 bridgehead atoms. The number of methoxy groups -OCH3 is 1. The zero-order chi connectivity index (χ0) is 14.7. The van der Waals surface area contributed by atoms with E-state index in [1.165, 1.54) is 7.11 Å². The van der Waals surface area contributed by atoms with Crippen molar-refractivity contribution in [2.45, 2.75) is 12.8 Å². The Labute approximate surface area is 123 Å². The summed E-state index contributed by atoms with van der Waals surface area (Å²) in [6.45, 7) is 1.19. The summed E-state index contributed by atoms with van der Waals surface area (Å²) in [5, 5.41) is 10.0. The highest BCUT2D eigenvalue weighted by Gasteiger charge is 2.26. The molecule has 6 heteroatoms. The number of amides is 1. The molecule has 108 valence electrons. The number of thiocarbonyl (C=S) groups is 1. The topological polar surface area (TPSA) is 75.8 Å². The molecule has 5 nitrogen and oxygen atoms in total. The number of phenols is 1. The maximum absolute atomic E-state index is 12.4. The Bertz CT molecular complexity index is 525. The first-order chi connectivity index (χ1) is 9.54. The van der Waals surface area contributed by atoms with Crippen molar-refractivity contribution in [1.82, 2.24) is 4.90 Å². The lowest BCUT2D eigenvalue weighted by Gasteiger charge is -2.31. The number of hydrogen-bond acceptors (Lipinski definition) is 4. The van der Waals surface area contributed by atoms with Crippen molar-refractivity contribution in [2.75, 3.05) is 20.2 Å². The molecule has 0 radical (unpaired) electrons. The van der Waals surface area contributed by atoms with E-state index in [1.54, 1.807) is 23.1 Å². The second-order valence-corrected chi connectivity index (χ2v) is 5.30. The highest BCUT2D eigenvalue weighted by Crippen LogP contribution is 2.31. The average molecular weight is 294 g/mol. The standard InChI is InChI=1S/C14H18N2O3S/c1-19-11-4-2-3-10(12(11)17)14(18)16-7-5-9(6-8-16)13(15)20/h2-4,9,17H,5-8H2,1H3,(H2,15,20). The van der Waals surface area contributed by atoms with E-state index >= 15 is 0 Å². The van der Waals surface area contributed by atoms with Crippen molar-refractivity contribution in [3.05, 3.63) is 23.8 Å². The van der Waals surface area contributed by atoms with Crippen LogP contribution in [0.2, 0.25) is 0 Å². The number of para-hydroxylation sites is 1. The Morgan fingerprint density at radius 1 is 1.45 bits per heavy atom. The van der Waals surface area contributed by atoms with Gasteiger partial charge in [0.1, 0.15) is 0 Å². The number of piperidine rings is 1. The summed E-state index contributed by atoms with van der Waals surface area (Å²) >= 11 is 4.98.